The molecule has 4 heteroatoms. The summed E-state index contributed by atoms with van der Waals surface area (Å²) >= 11 is 1.67. The molecule has 0 bridgehead atoms. The molecule has 0 spiro atoms. The molecule has 0 fully saturated rings. The van der Waals surface area contributed by atoms with Crippen LogP contribution in [0.3, 0.4) is 0 Å². The molecule has 1 rings (SSSR count). The van der Waals surface area contributed by atoms with Gasteiger partial charge in [0.2, 0.25) is 0 Å². The lowest BCUT2D eigenvalue weighted by molar-refractivity contribution is 0.320. The van der Waals surface area contributed by atoms with Gasteiger partial charge < -0.3 is 5.32 Å². The average Bonchev–Trinajstić information content (AvgIpc) is 2.75. The van der Waals surface area contributed by atoms with Crippen LogP contribution in [0.2, 0.25) is 0 Å². The van der Waals surface area contributed by atoms with Crippen LogP contribution in [0.15, 0.2) is 10.9 Å². The molecule has 3 nitrogen and oxygen atoms in total. The van der Waals surface area contributed by atoms with Crippen molar-refractivity contribution in [2.75, 3.05) is 26.7 Å². The van der Waals surface area contributed by atoms with E-state index in [1.165, 1.54) is 18.5 Å². The topological polar surface area (TPSA) is 28.2 Å². The number of aromatic nitrogens is 1. The molecule has 1 heterocycles. The van der Waals surface area contributed by atoms with Crippen LogP contribution in [0.1, 0.15) is 32.4 Å². The zero-order valence-electron chi connectivity index (χ0n) is 11.3. The van der Waals surface area contributed by atoms with E-state index < -0.39 is 0 Å². The van der Waals surface area contributed by atoms with Crippen LogP contribution >= 0.6 is 11.3 Å². The van der Waals surface area contributed by atoms with Gasteiger partial charge in [-0.1, -0.05) is 13.8 Å². The Balaban J connectivity index is 1.95. The van der Waals surface area contributed by atoms with Crippen LogP contribution in [0.25, 0.3) is 0 Å². The normalized spacial score (nSPS) is 11.6. The number of likely N-dealkylation sites (N-methyl/N-ethyl adjacent to an activating group) is 1. The molecular formula is C13H25N3S. The Morgan fingerprint density at radius 1 is 1.41 bits per heavy atom. The summed E-state index contributed by atoms with van der Waals surface area (Å²) in [6.07, 6.45) is 2.61. The number of nitrogens with zero attached hydrogens (tertiary/aromatic N) is 2. The lowest BCUT2D eigenvalue weighted by Gasteiger charge is -2.15. The van der Waals surface area contributed by atoms with Gasteiger partial charge in [0.25, 0.3) is 0 Å². The highest BCUT2D eigenvalue weighted by atomic mass is 32.1. The molecule has 0 aliphatic rings. The minimum atomic E-state index is 0.823. The molecule has 0 radical (unpaired) electrons. The first-order chi connectivity index (χ1) is 8.18. The Labute approximate surface area is 109 Å². The largest absolute Gasteiger partial charge is 0.315 e. The van der Waals surface area contributed by atoms with Crippen LogP contribution in [-0.2, 0) is 6.54 Å². The molecular weight excluding hydrogens is 230 g/mol. The van der Waals surface area contributed by atoms with Gasteiger partial charge in [-0.05, 0) is 32.4 Å². The molecule has 0 saturated heterocycles. The molecule has 98 valence electrons. The quantitative estimate of drug-likeness (QED) is 0.688. The van der Waals surface area contributed by atoms with Crippen LogP contribution in [0, 0.1) is 5.92 Å². The third kappa shape index (κ3) is 7.47. The van der Waals surface area contributed by atoms with Crippen molar-refractivity contribution in [3.8, 4) is 0 Å². The molecule has 17 heavy (non-hydrogen) atoms. The summed E-state index contributed by atoms with van der Waals surface area (Å²) in [6.45, 7) is 8.81. The van der Waals surface area contributed by atoms with Gasteiger partial charge in [0.1, 0.15) is 0 Å². The maximum Gasteiger partial charge on any atom is 0.0795 e. The van der Waals surface area contributed by atoms with Gasteiger partial charge in [0, 0.05) is 25.0 Å². The van der Waals surface area contributed by atoms with E-state index in [2.05, 4.69) is 41.5 Å². The summed E-state index contributed by atoms with van der Waals surface area (Å²) in [5, 5.41) is 5.61. The smallest absolute Gasteiger partial charge is 0.0795 e. The van der Waals surface area contributed by atoms with Crippen molar-refractivity contribution in [3.63, 3.8) is 0 Å². The second kappa shape index (κ2) is 8.61. The van der Waals surface area contributed by atoms with Crippen molar-refractivity contribution in [2.45, 2.75) is 33.2 Å². The van der Waals surface area contributed by atoms with Crippen molar-refractivity contribution >= 4 is 11.3 Å². The SMILES string of the molecule is CC(C)CCCNCCN(C)Cc1cscn1. The molecule has 1 aromatic heterocycles. The average molecular weight is 255 g/mol. The van der Waals surface area contributed by atoms with Gasteiger partial charge in [-0.15, -0.1) is 11.3 Å². The van der Waals surface area contributed by atoms with E-state index in [0.717, 1.165) is 32.1 Å². The number of hydrogen-bond acceptors (Lipinski definition) is 4. The number of nitrogens with one attached hydrogen (secondary N) is 1. The van der Waals surface area contributed by atoms with Gasteiger partial charge in [0.15, 0.2) is 0 Å². The fourth-order valence-electron chi connectivity index (χ4n) is 1.70. The molecule has 0 aromatic carbocycles. The van der Waals surface area contributed by atoms with Gasteiger partial charge in [0.05, 0.1) is 11.2 Å². The lowest BCUT2D eigenvalue weighted by atomic mass is 10.1. The molecule has 1 N–H and O–H groups in total. The van der Waals surface area contributed by atoms with E-state index in [4.69, 9.17) is 0 Å². The maximum atomic E-state index is 4.29. The van der Waals surface area contributed by atoms with Gasteiger partial charge in [-0.25, -0.2) is 4.98 Å². The van der Waals surface area contributed by atoms with Crippen molar-refractivity contribution in [1.29, 1.82) is 0 Å². The summed E-state index contributed by atoms with van der Waals surface area (Å²) in [7, 11) is 2.15. The standard InChI is InChI=1S/C13H25N3S/c1-12(2)5-4-6-14-7-8-16(3)9-13-10-17-11-15-13/h10-12,14H,4-9H2,1-3H3. The first-order valence-electron chi connectivity index (χ1n) is 6.45. The molecule has 0 saturated carbocycles. The summed E-state index contributed by atoms with van der Waals surface area (Å²) in [5.41, 5.74) is 3.07. The minimum Gasteiger partial charge on any atom is -0.315 e. The van der Waals surface area contributed by atoms with E-state index in [9.17, 15) is 0 Å². The molecule has 0 atom stereocenters. The lowest BCUT2D eigenvalue weighted by Crippen LogP contribution is -2.29. The molecule has 1 aromatic rings. The highest BCUT2D eigenvalue weighted by Gasteiger charge is 2.01. The first kappa shape index (κ1) is 14.6. The van der Waals surface area contributed by atoms with Crippen molar-refractivity contribution in [3.05, 3.63) is 16.6 Å². The summed E-state index contributed by atoms with van der Waals surface area (Å²) in [5.74, 6) is 0.823. The van der Waals surface area contributed by atoms with Crippen LogP contribution in [0.4, 0.5) is 0 Å². The highest BCUT2D eigenvalue weighted by Crippen LogP contribution is 2.03. The third-order valence-electron chi connectivity index (χ3n) is 2.72. The second-order valence-corrected chi connectivity index (χ2v) is 5.72. The fraction of sp³-hybridized carbons (Fsp3) is 0.769. The first-order valence-corrected chi connectivity index (χ1v) is 7.39. The Morgan fingerprint density at radius 2 is 2.24 bits per heavy atom. The van der Waals surface area contributed by atoms with E-state index in [0.29, 0.717) is 0 Å². The number of rotatable bonds is 9. The van der Waals surface area contributed by atoms with E-state index in [1.807, 2.05) is 5.51 Å². The Hall–Kier alpha value is -0.450. The highest BCUT2D eigenvalue weighted by molar-refractivity contribution is 7.07. The summed E-state index contributed by atoms with van der Waals surface area (Å²) in [4.78, 5) is 6.60. The number of hydrogen-bond donors (Lipinski definition) is 1. The Kier molecular flexibility index (Phi) is 7.40. The van der Waals surface area contributed by atoms with Crippen molar-refractivity contribution in [1.82, 2.24) is 15.2 Å². The molecule has 0 aliphatic carbocycles. The van der Waals surface area contributed by atoms with Gasteiger partial charge in [-0.3, -0.25) is 4.90 Å². The fourth-order valence-corrected chi connectivity index (χ4v) is 2.25. The van der Waals surface area contributed by atoms with Crippen LogP contribution < -0.4 is 5.32 Å². The minimum absolute atomic E-state index is 0.823. The zero-order valence-corrected chi connectivity index (χ0v) is 12.1. The molecule has 0 unspecified atom stereocenters. The predicted octanol–water partition coefficient (Wildman–Crippen LogP) is 2.60. The van der Waals surface area contributed by atoms with Crippen LogP contribution in [-0.4, -0.2) is 36.6 Å². The number of thiazole rings is 1. The Morgan fingerprint density at radius 3 is 2.88 bits per heavy atom. The molecule has 0 amide bonds. The van der Waals surface area contributed by atoms with Gasteiger partial charge >= 0.3 is 0 Å². The maximum absolute atomic E-state index is 4.29. The van der Waals surface area contributed by atoms with E-state index in [-0.39, 0.29) is 0 Å². The second-order valence-electron chi connectivity index (χ2n) is 5.00. The van der Waals surface area contributed by atoms with Crippen molar-refractivity contribution < 1.29 is 0 Å². The van der Waals surface area contributed by atoms with Crippen LogP contribution in [0.5, 0.6) is 0 Å². The van der Waals surface area contributed by atoms with Crippen molar-refractivity contribution in [2.24, 2.45) is 5.92 Å². The zero-order chi connectivity index (χ0) is 12.5. The van der Waals surface area contributed by atoms with E-state index in [1.54, 1.807) is 11.3 Å². The monoisotopic (exact) mass is 255 g/mol. The van der Waals surface area contributed by atoms with E-state index >= 15 is 0 Å². The summed E-state index contributed by atoms with van der Waals surface area (Å²) < 4.78 is 0. The predicted molar refractivity (Wildman–Crippen MR) is 75.4 cm³/mol. The third-order valence-corrected chi connectivity index (χ3v) is 3.36. The molecule has 0 aliphatic heterocycles. The van der Waals surface area contributed by atoms with Gasteiger partial charge in [-0.2, -0.15) is 0 Å². The summed E-state index contributed by atoms with van der Waals surface area (Å²) in [6, 6.07) is 0. The Bertz CT molecular complexity index is 272.